The highest BCUT2D eigenvalue weighted by atomic mass is 79.9. The van der Waals surface area contributed by atoms with Crippen LogP contribution < -0.4 is 0 Å². The molecule has 0 aliphatic carbocycles. The van der Waals surface area contributed by atoms with Crippen LogP contribution in [0.25, 0.3) is 0 Å². The van der Waals surface area contributed by atoms with Crippen LogP contribution in [0.15, 0.2) is 41.1 Å². The third kappa shape index (κ3) is 2.87. The van der Waals surface area contributed by atoms with E-state index < -0.39 is 28.9 Å². The Balaban J connectivity index is 2.55. The van der Waals surface area contributed by atoms with Crippen LogP contribution >= 0.6 is 15.9 Å². The van der Waals surface area contributed by atoms with E-state index in [-0.39, 0.29) is 10.0 Å². The maximum atomic E-state index is 12.9. The zero-order chi connectivity index (χ0) is 14.9. The number of benzene rings is 1. The Bertz CT molecular complexity index is 670. The van der Waals surface area contributed by atoms with E-state index in [0.29, 0.717) is 0 Å². The first-order chi connectivity index (χ1) is 9.30. The highest BCUT2D eigenvalue weighted by Gasteiger charge is 2.35. The summed E-state index contributed by atoms with van der Waals surface area (Å²) in [5.74, 6) is -1.48. The predicted octanol–water partition coefficient (Wildman–Crippen LogP) is 4.23. The van der Waals surface area contributed by atoms with Crippen LogP contribution in [-0.4, -0.2) is 10.8 Å². The molecule has 7 heteroatoms. The predicted molar refractivity (Wildman–Crippen MR) is 66.8 cm³/mol. The van der Waals surface area contributed by atoms with E-state index in [4.69, 9.17) is 0 Å². The molecule has 0 amide bonds. The Kier molecular flexibility index (Phi) is 3.89. The molecule has 20 heavy (non-hydrogen) atoms. The smallest absolute Gasteiger partial charge is 0.288 e. The molecule has 0 aliphatic heterocycles. The summed E-state index contributed by atoms with van der Waals surface area (Å²) in [4.78, 5) is 15.7. The van der Waals surface area contributed by atoms with Crippen molar-refractivity contribution in [2.75, 3.05) is 0 Å². The van der Waals surface area contributed by atoms with Gasteiger partial charge in [0.1, 0.15) is 5.82 Å². The molecule has 2 rings (SSSR count). The largest absolute Gasteiger partial charge is 0.417 e. The third-order valence-electron chi connectivity index (χ3n) is 2.55. The lowest BCUT2D eigenvalue weighted by atomic mass is 10.00. The van der Waals surface area contributed by atoms with Gasteiger partial charge in [0.05, 0.1) is 11.1 Å². The van der Waals surface area contributed by atoms with Crippen molar-refractivity contribution in [3.8, 4) is 0 Å². The van der Waals surface area contributed by atoms with Crippen molar-refractivity contribution in [2.45, 2.75) is 6.18 Å². The molecule has 0 aliphatic rings. The summed E-state index contributed by atoms with van der Waals surface area (Å²) < 4.78 is 51.5. The van der Waals surface area contributed by atoms with Gasteiger partial charge < -0.3 is 0 Å². The van der Waals surface area contributed by atoms with Gasteiger partial charge in [-0.1, -0.05) is 0 Å². The Labute approximate surface area is 119 Å². The first-order valence-electron chi connectivity index (χ1n) is 5.31. The van der Waals surface area contributed by atoms with Gasteiger partial charge in [0.2, 0.25) is 0 Å². The van der Waals surface area contributed by atoms with Crippen molar-refractivity contribution in [1.82, 2.24) is 4.98 Å². The molecule has 0 fully saturated rings. The Hall–Kier alpha value is -1.76. The molecular formula is C13H6BrF4NO. The van der Waals surface area contributed by atoms with Crippen molar-refractivity contribution < 1.29 is 22.4 Å². The number of hydrogen-bond donors (Lipinski definition) is 0. The normalized spacial score (nSPS) is 11.4. The highest BCUT2D eigenvalue weighted by molar-refractivity contribution is 9.10. The number of carbonyl (C=O) groups excluding carboxylic acids is 1. The fourth-order valence-corrected chi connectivity index (χ4v) is 2.17. The average Bonchev–Trinajstić information content (AvgIpc) is 2.37. The fraction of sp³-hybridized carbons (Fsp3) is 0.0769. The number of hydrogen-bond acceptors (Lipinski definition) is 2. The lowest BCUT2D eigenvalue weighted by molar-refractivity contribution is -0.137. The van der Waals surface area contributed by atoms with Crippen molar-refractivity contribution in [2.24, 2.45) is 0 Å². The maximum Gasteiger partial charge on any atom is 0.417 e. The fourth-order valence-electron chi connectivity index (χ4n) is 1.64. The Morgan fingerprint density at radius 2 is 1.85 bits per heavy atom. The number of halogens is 5. The zero-order valence-electron chi connectivity index (χ0n) is 9.71. The Morgan fingerprint density at radius 3 is 2.45 bits per heavy atom. The Morgan fingerprint density at radius 1 is 1.15 bits per heavy atom. The van der Waals surface area contributed by atoms with E-state index in [2.05, 4.69) is 20.9 Å². The lowest BCUT2D eigenvalue weighted by Gasteiger charge is -2.11. The minimum Gasteiger partial charge on any atom is -0.288 e. The molecule has 2 aromatic rings. The van der Waals surface area contributed by atoms with E-state index in [1.165, 1.54) is 0 Å². The van der Waals surface area contributed by atoms with Crippen molar-refractivity contribution in [3.63, 3.8) is 0 Å². The van der Waals surface area contributed by atoms with Gasteiger partial charge in [0.15, 0.2) is 5.78 Å². The van der Waals surface area contributed by atoms with Crippen LogP contribution in [0.5, 0.6) is 0 Å². The average molecular weight is 348 g/mol. The number of pyridine rings is 1. The van der Waals surface area contributed by atoms with Crippen LogP contribution in [0.4, 0.5) is 17.6 Å². The molecule has 0 radical (unpaired) electrons. The second-order valence-electron chi connectivity index (χ2n) is 3.87. The van der Waals surface area contributed by atoms with Crippen LogP contribution in [0.2, 0.25) is 0 Å². The number of ketones is 1. The SMILES string of the molecule is O=C(c1ccc(F)cc1Br)c1cnccc1C(F)(F)F. The van der Waals surface area contributed by atoms with Crippen LogP contribution in [0, 0.1) is 5.82 Å². The molecule has 1 aromatic carbocycles. The molecule has 0 bridgehead atoms. The molecule has 0 atom stereocenters. The van der Waals surface area contributed by atoms with E-state index in [9.17, 15) is 22.4 Å². The van der Waals surface area contributed by atoms with Gasteiger partial charge in [-0.2, -0.15) is 13.2 Å². The number of nitrogens with zero attached hydrogens (tertiary/aromatic N) is 1. The maximum absolute atomic E-state index is 12.9. The van der Waals surface area contributed by atoms with Gasteiger partial charge in [0.25, 0.3) is 0 Å². The van der Waals surface area contributed by atoms with E-state index in [1.54, 1.807) is 0 Å². The molecular weight excluding hydrogens is 342 g/mol. The van der Waals surface area contributed by atoms with E-state index in [0.717, 1.165) is 36.7 Å². The van der Waals surface area contributed by atoms with Crippen molar-refractivity contribution in [1.29, 1.82) is 0 Å². The van der Waals surface area contributed by atoms with Gasteiger partial charge in [-0.05, 0) is 40.2 Å². The summed E-state index contributed by atoms with van der Waals surface area (Å²) in [5.41, 5.74) is -1.72. The van der Waals surface area contributed by atoms with Crippen LogP contribution in [0.3, 0.4) is 0 Å². The molecule has 2 nitrogen and oxygen atoms in total. The monoisotopic (exact) mass is 347 g/mol. The molecule has 0 N–H and O–H groups in total. The number of rotatable bonds is 2. The molecule has 0 saturated carbocycles. The van der Waals surface area contributed by atoms with Crippen LogP contribution in [0.1, 0.15) is 21.5 Å². The van der Waals surface area contributed by atoms with Crippen LogP contribution in [-0.2, 0) is 6.18 Å². The first kappa shape index (κ1) is 14.6. The van der Waals surface area contributed by atoms with Crippen molar-refractivity contribution >= 4 is 21.7 Å². The third-order valence-corrected chi connectivity index (χ3v) is 3.20. The molecule has 1 heterocycles. The standard InChI is InChI=1S/C13H6BrF4NO/c14-11-5-7(15)1-2-8(11)12(20)9-6-19-4-3-10(9)13(16,17)18/h1-6H. The topological polar surface area (TPSA) is 30.0 Å². The number of alkyl halides is 3. The molecule has 104 valence electrons. The van der Waals surface area contributed by atoms with E-state index >= 15 is 0 Å². The summed E-state index contributed by atoms with van der Waals surface area (Å²) in [6.45, 7) is 0. The molecule has 1 aromatic heterocycles. The number of carbonyl (C=O) groups is 1. The van der Waals surface area contributed by atoms with E-state index in [1.807, 2.05) is 0 Å². The summed E-state index contributed by atoms with van der Waals surface area (Å²) in [6.07, 6.45) is -2.86. The van der Waals surface area contributed by atoms with Gasteiger partial charge in [-0.15, -0.1) is 0 Å². The summed E-state index contributed by atoms with van der Waals surface area (Å²) in [7, 11) is 0. The first-order valence-corrected chi connectivity index (χ1v) is 6.11. The van der Waals surface area contributed by atoms with Crippen molar-refractivity contribution in [3.05, 3.63) is 63.6 Å². The van der Waals surface area contributed by atoms with Gasteiger partial charge in [0, 0.05) is 22.4 Å². The van der Waals surface area contributed by atoms with Gasteiger partial charge >= 0.3 is 6.18 Å². The minimum absolute atomic E-state index is 0.0649. The summed E-state index contributed by atoms with van der Waals surface area (Å²) in [5, 5.41) is 0. The quantitative estimate of drug-likeness (QED) is 0.601. The summed E-state index contributed by atoms with van der Waals surface area (Å²) in [6, 6.07) is 3.86. The van der Waals surface area contributed by atoms with Gasteiger partial charge in [-0.25, -0.2) is 4.39 Å². The number of aromatic nitrogens is 1. The molecule has 0 saturated heterocycles. The highest BCUT2D eigenvalue weighted by Crippen LogP contribution is 2.33. The summed E-state index contributed by atoms with van der Waals surface area (Å²) >= 11 is 2.96. The zero-order valence-corrected chi connectivity index (χ0v) is 11.3. The second kappa shape index (κ2) is 5.32. The molecule has 0 spiro atoms. The minimum atomic E-state index is -4.67. The lowest BCUT2D eigenvalue weighted by Crippen LogP contribution is -2.14. The second-order valence-corrected chi connectivity index (χ2v) is 4.73. The molecule has 0 unspecified atom stereocenters. The van der Waals surface area contributed by atoms with Gasteiger partial charge in [-0.3, -0.25) is 9.78 Å².